The zero-order chi connectivity index (χ0) is 34.1. The van der Waals surface area contributed by atoms with Crippen molar-refractivity contribution >= 4 is 48.0 Å². The molecule has 3 saturated heterocycles. The normalized spacial score (nSPS) is 22.7. The molecule has 4 rings (SSSR count). The van der Waals surface area contributed by atoms with Crippen molar-refractivity contribution < 1.29 is 49.1 Å². The number of ether oxygens (including phenoxy) is 2. The molecule has 3 fully saturated rings. The van der Waals surface area contributed by atoms with Gasteiger partial charge >= 0.3 is 18.1 Å². The summed E-state index contributed by atoms with van der Waals surface area (Å²) in [6, 6.07) is -0.142. The van der Waals surface area contributed by atoms with E-state index >= 15 is 0 Å². The van der Waals surface area contributed by atoms with Crippen molar-refractivity contribution in [2.24, 2.45) is 11.8 Å². The topological polar surface area (TPSA) is 168 Å². The van der Waals surface area contributed by atoms with Gasteiger partial charge in [-0.2, -0.15) is 42.9 Å². The second kappa shape index (κ2) is 16.7. The summed E-state index contributed by atoms with van der Waals surface area (Å²) < 4.78 is 99.2. The molecule has 0 saturated carbocycles. The quantitative estimate of drug-likeness (QED) is 0.294. The lowest BCUT2D eigenvalue weighted by Crippen LogP contribution is -2.51. The first kappa shape index (κ1) is 38.1. The minimum absolute atomic E-state index is 0.0136. The van der Waals surface area contributed by atoms with Crippen molar-refractivity contribution in [3.05, 3.63) is 18.0 Å². The van der Waals surface area contributed by atoms with E-state index in [0.717, 1.165) is 31.7 Å². The zero-order valence-corrected chi connectivity index (χ0v) is 28.0. The maximum atomic E-state index is 13.0. The average Bonchev–Trinajstić information content (AvgIpc) is 3.01. The second-order valence-corrected chi connectivity index (χ2v) is 15.8. The third-order valence-corrected chi connectivity index (χ3v) is 11.6. The van der Waals surface area contributed by atoms with Gasteiger partial charge in [0.05, 0.1) is 19.8 Å². The number of hydrogen-bond donors (Lipinski definition) is 1. The number of hydrogen-bond acceptors (Lipinski definition) is 11. The Morgan fingerprint density at radius 3 is 1.78 bits per heavy atom. The molecule has 262 valence electrons. The summed E-state index contributed by atoms with van der Waals surface area (Å²) in [5.74, 6) is -0.627. The molecule has 1 aromatic rings. The van der Waals surface area contributed by atoms with Crippen LogP contribution in [0.25, 0.3) is 0 Å². The molecule has 0 amide bonds. The van der Waals surface area contributed by atoms with E-state index in [2.05, 4.69) is 24.8 Å². The summed E-state index contributed by atoms with van der Waals surface area (Å²) in [7, 11) is 0.567. The lowest BCUT2D eigenvalue weighted by molar-refractivity contribution is -0.142. The van der Waals surface area contributed by atoms with Gasteiger partial charge in [-0.1, -0.05) is 0 Å². The van der Waals surface area contributed by atoms with Gasteiger partial charge in [0.15, 0.2) is 0 Å². The molecule has 0 spiro atoms. The van der Waals surface area contributed by atoms with Crippen LogP contribution in [0.4, 0.5) is 19.1 Å². The number of halogens is 4. The first-order valence-electron chi connectivity index (χ1n) is 14.8. The molecule has 3 aliphatic heterocycles. The van der Waals surface area contributed by atoms with Gasteiger partial charge in [0.1, 0.15) is 0 Å². The largest absolute Gasteiger partial charge is 0.469 e. The molecule has 0 radical (unpaired) electrons. The van der Waals surface area contributed by atoms with Crippen LogP contribution in [-0.4, -0.2) is 111 Å². The maximum absolute atomic E-state index is 13.0. The predicted molar refractivity (Wildman–Crippen MR) is 161 cm³/mol. The number of nitrogens with one attached hydrogen (secondary N) is 1. The highest BCUT2D eigenvalue weighted by atomic mass is 35.7. The van der Waals surface area contributed by atoms with E-state index in [0.29, 0.717) is 38.9 Å². The van der Waals surface area contributed by atoms with Gasteiger partial charge < -0.3 is 14.8 Å². The summed E-state index contributed by atoms with van der Waals surface area (Å²) in [5, 5.41) is 2.97. The van der Waals surface area contributed by atoms with Gasteiger partial charge in [-0.3, -0.25) is 9.59 Å². The Morgan fingerprint density at radius 1 is 0.848 bits per heavy atom. The van der Waals surface area contributed by atoms with E-state index < -0.39 is 31.2 Å². The molecule has 1 aromatic heterocycles. The van der Waals surface area contributed by atoms with Gasteiger partial charge in [-0.25, -0.2) is 9.97 Å². The summed E-state index contributed by atoms with van der Waals surface area (Å²) in [5.41, 5.74) is -0.925. The van der Waals surface area contributed by atoms with E-state index in [1.807, 2.05) is 0 Å². The summed E-state index contributed by atoms with van der Waals surface area (Å²) >= 11 is 0. The van der Waals surface area contributed by atoms with Crippen molar-refractivity contribution in [1.29, 1.82) is 0 Å². The number of esters is 2. The molecule has 0 aliphatic carbocycles. The van der Waals surface area contributed by atoms with Gasteiger partial charge in [0.25, 0.3) is 19.4 Å². The van der Waals surface area contributed by atoms with Crippen LogP contribution in [0.15, 0.2) is 12.4 Å². The molecule has 0 aromatic carbocycles. The number of carbonyl (C=O) groups is 2. The fourth-order valence-corrected chi connectivity index (χ4v) is 8.43. The highest BCUT2D eigenvalue weighted by Gasteiger charge is 2.37. The van der Waals surface area contributed by atoms with Gasteiger partial charge in [0, 0.05) is 81.2 Å². The second-order valence-electron chi connectivity index (χ2n) is 11.4. The number of nitrogens with zero attached hydrogens (tertiary/aromatic N) is 5. The van der Waals surface area contributed by atoms with Crippen LogP contribution in [0.2, 0.25) is 0 Å². The number of piperidine rings is 3. The number of anilines is 1. The Hall–Kier alpha value is -2.32. The number of methoxy groups -OCH3 is 2. The highest BCUT2D eigenvalue weighted by molar-refractivity contribution is 8.11. The smallest absolute Gasteiger partial charge is 0.419 e. The van der Waals surface area contributed by atoms with Crippen LogP contribution in [0.5, 0.6) is 0 Å². The van der Waals surface area contributed by atoms with E-state index in [4.69, 9.17) is 10.7 Å². The van der Waals surface area contributed by atoms with Crippen molar-refractivity contribution in [2.75, 3.05) is 58.8 Å². The minimum atomic E-state index is -4.50. The number of alkyl halides is 3. The van der Waals surface area contributed by atoms with Gasteiger partial charge in [-0.05, 0) is 50.4 Å². The van der Waals surface area contributed by atoms with Crippen LogP contribution < -0.4 is 5.32 Å². The molecule has 4 heterocycles. The lowest BCUT2D eigenvalue weighted by Gasteiger charge is -2.38. The SMILES string of the molecule is COC(=O)CC1CCCN(S(=O)(=O)Cl)C1.COC(=O)CC1CCCN(S(=O)(=O)N2CCC(Nc3ncc(C(F)(F)F)cn3)CC2)C1. The molecule has 20 heteroatoms. The number of aromatic nitrogens is 2. The number of carbonyl (C=O) groups excluding carboxylic acids is 2. The zero-order valence-electron chi connectivity index (χ0n) is 25.6. The van der Waals surface area contributed by atoms with Crippen molar-refractivity contribution in [3.8, 4) is 0 Å². The summed E-state index contributed by atoms with van der Waals surface area (Å²) in [4.78, 5) is 29.9. The molecule has 2 unspecified atom stereocenters. The Morgan fingerprint density at radius 2 is 1.33 bits per heavy atom. The molecule has 1 N–H and O–H groups in total. The van der Waals surface area contributed by atoms with Gasteiger partial charge in [0.2, 0.25) is 5.95 Å². The molecule has 2 atom stereocenters. The van der Waals surface area contributed by atoms with Crippen LogP contribution in [-0.2, 0) is 44.7 Å². The van der Waals surface area contributed by atoms with E-state index in [9.17, 15) is 39.6 Å². The van der Waals surface area contributed by atoms with Crippen molar-refractivity contribution in [1.82, 2.24) is 22.9 Å². The first-order chi connectivity index (χ1) is 21.5. The third-order valence-electron chi connectivity index (χ3n) is 8.06. The molecule has 0 bridgehead atoms. The summed E-state index contributed by atoms with van der Waals surface area (Å²) in [6.07, 6.45) is 1.36. The standard InChI is InChI=1S/C18H26F3N5O4S.C8H14ClNO4S/c1-30-16(27)9-13-3-2-6-26(12-13)31(28,29)25-7-4-15(5-8-25)24-17-22-10-14(11-23-17)18(19,20)21;1-14-8(11)5-7-3-2-4-10(6-7)15(9,12)13/h10-11,13,15H,2-9,12H2,1H3,(H,22,23,24);7H,2-6H2,1H3. The third kappa shape index (κ3) is 11.4. The average molecular weight is 721 g/mol. The Labute approximate surface area is 271 Å². The first-order valence-corrected chi connectivity index (χ1v) is 18.4. The fourth-order valence-electron chi connectivity index (χ4n) is 5.56. The Bertz CT molecular complexity index is 1380. The molecular formula is C26H40ClF3N6O8S2. The fraction of sp³-hybridized carbons (Fsp3) is 0.769. The van der Waals surface area contributed by atoms with Crippen LogP contribution in [0.3, 0.4) is 0 Å². The van der Waals surface area contributed by atoms with Crippen LogP contribution in [0, 0.1) is 11.8 Å². The molecule has 46 heavy (non-hydrogen) atoms. The molecular weight excluding hydrogens is 681 g/mol. The highest BCUT2D eigenvalue weighted by Crippen LogP contribution is 2.29. The minimum Gasteiger partial charge on any atom is -0.469 e. The Kier molecular flexibility index (Phi) is 13.8. The lowest BCUT2D eigenvalue weighted by atomic mass is 9.96. The molecule has 14 nitrogen and oxygen atoms in total. The van der Waals surface area contributed by atoms with E-state index in [-0.39, 0.29) is 68.2 Å². The summed E-state index contributed by atoms with van der Waals surface area (Å²) in [6.45, 7) is 1.99. The number of rotatable bonds is 9. The maximum Gasteiger partial charge on any atom is 0.419 e. The predicted octanol–water partition coefficient (Wildman–Crippen LogP) is 2.64. The van der Waals surface area contributed by atoms with Crippen LogP contribution in [0.1, 0.15) is 56.9 Å². The van der Waals surface area contributed by atoms with Crippen molar-refractivity contribution in [3.63, 3.8) is 0 Å². The van der Waals surface area contributed by atoms with Crippen molar-refractivity contribution in [2.45, 2.75) is 63.6 Å². The molecule has 3 aliphatic rings. The van der Waals surface area contributed by atoms with Crippen LogP contribution >= 0.6 is 10.7 Å². The van der Waals surface area contributed by atoms with E-state index in [1.54, 1.807) is 0 Å². The Balaban J connectivity index is 0.000000322. The van der Waals surface area contributed by atoms with E-state index in [1.165, 1.54) is 27.1 Å². The van der Waals surface area contributed by atoms with Gasteiger partial charge in [-0.15, -0.1) is 0 Å². The monoisotopic (exact) mass is 720 g/mol.